The molecule has 0 bridgehead atoms. The summed E-state index contributed by atoms with van der Waals surface area (Å²) in [5.74, 6) is -11.8. The highest BCUT2D eigenvalue weighted by molar-refractivity contribution is 5.92. The second-order valence-corrected chi connectivity index (χ2v) is 27.7. The summed E-state index contributed by atoms with van der Waals surface area (Å²) >= 11 is 0. The number of hydrogen-bond donors (Lipinski definition) is 6. The first-order valence-corrected chi connectivity index (χ1v) is 38.1. The Morgan fingerprint density at radius 1 is 0.348 bits per heavy atom. The summed E-state index contributed by atoms with van der Waals surface area (Å²) in [5, 5.41) is 23.5. The van der Waals surface area contributed by atoms with Crippen LogP contribution in [0.5, 0.6) is 0 Å². The largest absolute Gasteiger partial charge is 0.463 e. The van der Waals surface area contributed by atoms with Crippen LogP contribution < -0.4 is 26.6 Å². The van der Waals surface area contributed by atoms with Crippen LogP contribution in [0.2, 0.25) is 0 Å². The van der Waals surface area contributed by atoms with Crippen LogP contribution in [0.15, 0.2) is 0 Å². The third-order valence-corrected chi connectivity index (χ3v) is 17.8. The first-order chi connectivity index (χ1) is 54.4. The van der Waals surface area contributed by atoms with Crippen LogP contribution in [-0.4, -0.2) is 295 Å². The fourth-order valence-corrected chi connectivity index (χ4v) is 12.9. The van der Waals surface area contributed by atoms with Crippen molar-refractivity contribution in [2.75, 3.05) is 79.3 Å². The molecule has 6 N–H and O–H groups in total. The molecule has 0 aromatic carbocycles. The van der Waals surface area contributed by atoms with Gasteiger partial charge in [0.05, 0.1) is 57.8 Å². The van der Waals surface area contributed by atoms with Gasteiger partial charge in [-0.15, -0.1) is 0 Å². The average molecular weight is 1650 g/mol. The van der Waals surface area contributed by atoms with Crippen molar-refractivity contribution in [1.82, 2.24) is 26.6 Å². The van der Waals surface area contributed by atoms with Crippen molar-refractivity contribution in [3.63, 3.8) is 0 Å². The molecule has 0 spiro atoms. The Balaban J connectivity index is 1.45. The zero-order chi connectivity index (χ0) is 85.4. The zero-order valence-corrected chi connectivity index (χ0v) is 67.1. The van der Waals surface area contributed by atoms with E-state index in [0.717, 1.165) is 62.3 Å². The number of hydrogen-bond acceptors (Lipinski definition) is 36. The third kappa shape index (κ3) is 37.8. The van der Waals surface area contributed by atoms with E-state index in [4.69, 9.17) is 85.3 Å². The van der Waals surface area contributed by atoms with Gasteiger partial charge in [0.25, 0.3) is 0 Å². The molecule has 115 heavy (non-hydrogen) atoms. The van der Waals surface area contributed by atoms with E-state index in [0.29, 0.717) is 25.7 Å². The van der Waals surface area contributed by atoms with E-state index in [1.807, 2.05) is 0 Å². The van der Waals surface area contributed by atoms with Gasteiger partial charge in [-0.25, -0.2) is 0 Å². The molecule has 4 fully saturated rings. The minimum atomic E-state index is -1.39. The van der Waals surface area contributed by atoms with Gasteiger partial charge in [0.15, 0.2) is 67.1 Å². The van der Waals surface area contributed by atoms with Gasteiger partial charge in [0.1, 0.15) is 62.0 Å². The van der Waals surface area contributed by atoms with Crippen molar-refractivity contribution in [1.29, 1.82) is 0 Å². The van der Waals surface area contributed by atoms with Crippen LogP contribution >= 0.6 is 0 Å². The molecule has 4 rings (SSSR count). The molecule has 41 nitrogen and oxygen atoms in total. The molecule has 1 aliphatic carbocycles. The van der Waals surface area contributed by atoms with Crippen molar-refractivity contribution in [2.24, 2.45) is 5.92 Å². The van der Waals surface area contributed by atoms with E-state index in [9.17, 15) is 86.6 Å². The summed E-state index contributed by atoms with van der Waals surface area (Å²) in [6, 6.07) is -6.23. The minimum Gasteiger partial charge on any atom is -0.463 e. The summed E-state index contributed by atoms with van der Waals surface area (Å²) in [6.45, 7) is 11.0. The van der Waals surface area contributed by atoms with E-state index in [2.05, 4.69) is 26.6 Å². The fraction of sp³-hybridized carbons (Fsp3) is 0.770. The highest BCUT2D eigenvalue weighted by Crippen LogP contribution is 2.32. The average Bonchev–Trinajstić information content (AvgIpc) is 0.797. The van der Waals surface area contributed by atoms with Gasteiger partial charge in [-0.1, -0.05) is 0 Å². The molecule has 650 valence electrons. The fourth-order valence-electron chi connectivity index (χ4n) is 12.9. The van der Waals surface area contributed by atoms with Crippen LogP contribution in [-0.2, 0) is 167 Å². The highest BCUT2D eigenvalue weighted by atomic mass is 16.7. The van der Waals surface area contributed by atoms with Crippen LogP contribution in [0.1, 0.15) is 173 Å². The number of aliphatic hydroxyl groups excluding tert-OH is 1. The van der Waals surface area contributed by atoms with Crippen molar-refractivity contribution in [3.8, 4) is 0 Å². The summed E-state index contributed by atoms with van der Waals surface area (Å²) < 4.78 is 101. The Morgan fingerprint density at radius 2 is 0.652 bits per heavy atom. The predicted molar refractivity (Wildman–Crippen MR) is 385 cm³/mol. The molecule has 5 amide bonds. The smallest absolute Gasteiger partial charge is 0.303 e. The molecular formula is C74H113N5O36. The third-order valence-electron chi connectivity index (χ3n) is 17.8. The lowest BCUT2D eigenvalue weighted by atomic mass is 9.86. The van der Waals surface area contributed by atoms with Crippen LogP contribution in [0.4, 0.5) is 0 Å². The van der Waals surface area contributed by atoms with Crippen LogP contribution in [0.25, 0.3) is 0 Å². The Bertz CT molecular complexity index is 3260. The summed E-state index contributed by atoms with van der Waals surface area (Å²) in [5.41, 5.74) is 0. The number of amides is 5. The van der Waals surface area contributed by atoms with E-state index in [1.165, 1.54) is 20.8 Å². The molecule has 17 atom stereocenters. The number of rotatable bonds is 50. The predicted octanol–water partition coefficient (Wildman–Crippen LogP) is -0.817. The maximum Gasteiger partial charge on any atom is 0.303 e. The number of ether oxygens (including phenoxy) is 18. The number of Topliss-reactive ketones (excluding diaryl/α,β-unsaturated/α-hetero) is 3. The minimum absolute atomic E-state index is 0.0115. The summed E-state index contributed by atoms with van der Waals surface area (Å²) in [7, 11) is 0. The highest BCUT2D eigenvalue weighted by Gasteiger charge is 2.54. The molecular weight excluding hydrogens is 1530 g/mol. The number of nitrogens with one attached hydrogen (secondary N) is 5. The number of ketones is 3. The van der Waals surface area contributed by atoms with E-state index < -0.39 is 237 Å². The van der Waals surface area contributed by atoms with Crippen LogP contribution in [0.3, 0.4) is 0 Å². The first-order valence-electron chi connectivity index (χ1n) is 38.1. The second-order valence-electron chi connectivity index (χ2n) is 27.7. The zero-order valence-electron chi connectivity index (χ0n) is 67.1. The van der Waals surface area contributed by atoms with Gasteiger partial charge in [0.2, 0.25) is 29.5 Å². The molecule has 1 saturated carbocycles. The molecule has 0 aromatic heterocycles. The van der Waals surface area contributed by atoms with Crippen molar-refractivity contribution in [2.45, 2.75) is 283 Å². The van der Waals surface area contributed by atoms with Crippen LogP contribution in [0, 0.1) is 5.92 Å². The molecule has 0 radical (unpaired) electrons. The topological polar surface area (TPSA) is 537 Å². The lowest BCUT2D eigenvalue weighted by Gasteiger charge is -2.44. The first kappa shape index (κ1) is 98.6. The second kappa shape index (κ2) is 52.0. The Kier molecular flexibility index (Phi) is 44.6. The lowest BCUT2D eigenvalue weighted by Crippen LogP contribution is -2.66. The van der Waals surface area contributed by atoms with E-state index in [-0.39, 0.29) is 123 Å². The molecule has 0 aromatic rings. The quantitative estimate of drug-likeness (QED) is 0.0246. The molecule has 17 unspecified atom stereocenters. The van der Waals surface area contributed by atoms with Gasteiger partial charge in [-0.2, -0.15) is 0 Å². The number of carbonyl (C=O) groups excluding carboxylic acids is 17. The maximum atomic E-state index is 14.2. The number of aliphatic hydroxyl groups is 1. The lowest BCUT2D eigenvalue weighted by molar-refractivity contribution is -0.279. The SMILES string of the molecule is CC(=O)NC1C(OCCOCCCC(=O)CCC(NC(=O)CCC(NC(=O)C2CCC(O)CC2)C(=O)CCCOCCOC2OC(COC(C)=O)C(OC(C)=O)C(OC(C)=O)C2NC(C)=O)C(=O)CCCOCCOC2OC(COC(C)=O)C(OC(C)=O)C(OC(C)=O)C2NC(C)=O)OC(COC(C)=O)C(OC(C)=O)C1OC(C)=O. The maximum absolute atomic E-state index is 14.2. The van der Waals surface area contributed by atoms with Crippen molar-refractivity contribution >= 4 is 101 Å². The molecule has 41 heteroatoms. The van der Waals surface area contributed by atoms with Gasteiger partial charge >= 0.3 is 53.7 Å². The molecule has 4 aliphatic rings. The Hall–Kier alpha value is -8.81. The van der Waals surface area contributed by atoms with Crippen molar-refractivity contribution in [3.05, 3.63) is 0 Å². The normalized spacial score (nSPS) is 25.6. The van der Waals surface area contributed by atoms with E-state index >= 15 is 0 Å². The molecule has 3 saturated heterocycles. The molecule has 3 heterocycles. The Labute approximate surface area is 665 Å². The Morgan fingerprint density at radius 3 is 0.965 bits per heavy atom. The van der Waals surface area contributed by atoms with Gasteiger partial charge < -0.3 is 117 Å². The standard InChI is InChI=1S/C74H113N5O36/c1-39(80)75-62-68(110-48(10)89)65(107-45(7)86)58(36-104-42(4)83)113-72(62)101-33-30-98-27-13-16-52(92)23-24-54(56(94)17-14-28-99-31-34-102-73-63(76-40(2)81)69(111-49(11)90)66(108-46(8)87)59(114-73)37-105-43(5)84)78-61(96)26-25-55(79-71(97)51-19-21-53(93)22-20-51)57(95)18-15-29-100-32-35-103-74-64(77-41(3)82)70(112-50(12)91)67(109-47(9)88)60(115-74)38-106-44(6)85/h51,53-55,58-60,62-70,72-74,93H,13-38H2,1-12H3,(H,75,80)(H,76,81)(H,77,82)(H,78,96)(H,79,97). The number of carbonyl (C=O) groups is 17. The van der Waals surface area contributed by atoms with E-state index in [1.54, 1.807) is 0 Å². The van der Waals surface area contributed by atoms with Gasteiger partial charge in [-0.3, -0.25) is 81.5 Å². The molecule has 3 aliphatic heterocycles. The van der Waals surface area contributed by atoms with Gasteiger partial charge in [0, 0.05) is 141 Å². The summed E-state index contributed by atoms with van der Waals surface area (Å²) in [4.78, 5) is 216. The summed E-state index contributed by atoms with van der Waals surface area (Å²) in [6.07, 6.45) is -16.4. The monoisotopic (exact) mass is 1650 g/mol. The van der Waals surface area contributed by atoms with Crippen molar-refractivity contribution < 1.29 is 172 Å². The number of esters is 9. The van der Waals surface area contributed by atoms with Gasteiger partial charge in [-0.05, 0) is 57.8 Å².